The Morgan fingerprint density at radius 1 is 1.25 bits per heavy atom. The second kappa shape index (κ2) is 3.75. The fourth-order valence-corrected chi connectivity index (χ4v) is 3.73. The summed E-state index contributed by atoms with van der Waals surface area (Å²) in [5.74, 6) is 1.38. The Bertz CT molecular complexity index is 318. The van der Waals surface area contributed by atoms with Gasteiger partial charge in [-0.2, -0.15) is 0 Å². The molecule has 3 aliphatic rings. The second-order valence-electron chi connectivity index (χ2n) is 5.43. The predicted molar refractivity (Wildman–Crippen MR) is 58.6 cm³/mol. The van der Waals surface area contributed by atoms with Gasteiger partial charge in [0.05, 0.1) is 0 Å². The van der Waals surface area contributed by atoms with Crippen molar-refractivity contribution in [3.05, 3.63) is 0 Å². The molecule has 3 unspecified atom stereocenters. The van der Waals surface area contributed by atoms with E-state index < -0.39 is 0 Å². The van der Waals surface area contributed by atoms with Gasteiger partial charge in [-0.05, 0) is 31.1 Å². The molecule has 0 spiro atoms. The molecule has 0 aliphatic carbocycles. The molecule has 3 atom stereocenters. The van der Waals surface area contributed by atoms with Gasteiger partial charge in [-0.3, -0.25) is 9.59 Å². The van der Waals surface area contributed by atoms with Crippen molar-refractivity contribution in [2.45, 2.75) is 31.7 Å². The molecule has 0 aromatic heterocycles. The highest BCUT2D eigenvalue weighted by atomic mass is 16.2. The molecule has 4 heteroatoms. The van der Waals surface area contributed by atoms with Gasteiger partial charge in [0.2, 0.25) is 12.3 Å². The summed E-state index contributed by atoms with van der Waals surface area (Å²) in [5, 5.41) is 0. The van der Waals surface area contributed by atoms with Crippen LogP contribution in [0.2, 0.25) is 0 Å². The maximum absolute atomic E-state index is 11.9. The Kier molecular flexibility index (Phi) is 2.37. The van der Waals surface area contributed by atoms with Gasteiger partial charge in [0.1, 0.15) is 0 Å². The number of carbonyl (C=O) groups is 2. The van der Waals surface area contributed by atoms with Crippen LogP contribution in [0.3, 0.4) is 0 Å². The van der Waals surface area contributed by atoms with Crippen molar-refractivity contribution in [3.63, 3.8) is 0 Å². The zero-order valence-corrected chi connectivity index (χ0v) is 9.47. The highest BCUT2D eigenvalue weighted by Crippen LogP contribution is 2.37. The van der Waals surface area contributed by atoms with E-state index >= 15 is 0 Å². The molecule has 0 N–H and O–H groups in total. The van der Waals surface area contributed by atoms with Crippen LogP contribution in [0.25, 0.3) is 0 Å². The molecule has 3 aliphatic heterocycles. The first-order valence-electron chi connectivity index (χ1n) is 6.26. The lowest BCUT2D eigenvalue weighted by Gasteiger charge is -2.51. The summed E-state index contributed by atoms with van der Waals surface area (Å²) >= 11 is 0. The van der Waals surface area contributed by atoms with Gasteiger partial charge in [-0.25, -0.2) is 0 Å². The van der Waals surface area contributed by atoms with Crippen molar-refractivity contribution in [3.8, 4) is 0 Å². The normalized spacial score (nSPS) is 38.2. The zero-order valence-electron chi connectivity index (χ0n) is 9.47. The Balaban J connectivity index is 1.80. The summed E-state index contributed by atoms with van der Waals surface area (Å²) in [4.78, 5) is 26.7. The molecule has 3 saturated heterocycles. The Morgan fingerprint density at radius 3 is 2.94 bits per heavy atom. The Hall–Kier alpha value is -1.06. The first kappa shape index (κ1) is 10.1. The third-order valence-electron chi connectivity index (χ3n) is 4.36. The van der Waals surface area contributed by atoms with E-state index in [0.717, 1.165) is 45.3 Å². The number of piperidine rings is 3. The molecule has 0 radical (unpaired) electrons. The van der Waals surface area contributed by atoms with Gasteiger partial charge >= 0.3 is 0 Å². The largest absolute Gasteiger partial charge is 0.345 e. The summed E-state index contributed by atoms with van der Waals surface area (Å²) in [7, 11) is 0. The minimum absolute atomic E-state index is 0.338. The maximum Gasteiger partial charge on any atom is 0.222 e. The van der Waals surface area contributed by atoms with Crippen LogP contribution in [0, 0.1) is 11.8 Å². The summed E-state index contributed by atoms with van der Waals surface area (Å²) in [5.41, 5.74) is 0. The number of fused-ring (bicyclic) bond motifs is 4. The smallest absolute Gasteiger partial charge is 0.222 e. The van der Waals surface area contributed by atoms with E-state index in [1.54, 1.807) is 0 Å². The fourth-order valence-electron chi connectivity index (χ4n) is 3.73. The topological polar surface area (TPSA) is 40.6 Å². The SMILES string of the molecule is O=CN1CC2CC(C1)C1CCCC(=O)N1C2. The van der Waals surface area contributed by atoms with Gasteiger partial charge in [0.15, 0.2) is 0 Å². The highest BCUT2D eigenvalue weighted by molar-refractivity contribution is 5.77. The summed E-state index contributed by atoms with van der Waals surface area (Å²) in [6.45, 7) is 2.58. The number of hydrogen-bond donors (Lipinski definition) is 0. The third-order valence-corrected chi connectivity index (χ3v) is 4.36. The molecule has 4 nitrogen and oxygen atoms in total. The maximum atomic E-state index is 11.9. The van der Waals surface area contributed by atoms with E-state index in [1.165, 1.54) is 6.42 Å². The van der Waals surface area contributed by atoms with Crippen molar-refractivity contribution in [2.75, 3.05) is 19.6 Å². The van der Waals surface area contributed by atoms with Crippen LogP contribution >= 0.6 is 0 Å². The average molecular weight is 222 g/mol. The van der Waals surface area contributed by atoms with Crippen molar-refractivity contribution in [2.24, 2.45) is 11.8 Å². The standard InChI is InChI=1S/C12H18N2O2/c15-8-13-5-9-4-10(7-13)11-2-1-3-12(16)14(11)6-9/h8-11H,1-7H2. The van der Waals surface area contributed by atoms with E-state index in [0.29, 0.717) is 23.8 Å². The van der Waals surface area contributed by atoms with Crippen LogP contribution in [0.4, 0.5) is 0 Å². The quantitative estimate of drug-likeness (QED) is 0.605. The summed E-state index contributed by atoms with van der Waals surface area (Å²) in [6.07, 6.45) is 5.07. The lowest BCUT2D eigenvalue weighted by atomic mass is 9.76. The molecule has 2 amide bonds. The Morgan fingerprint density at radius 2 is 2.12 bits per heavy atom. The van der Waals surface area contributed by atoms with E-state index in [1.807, 2.05) is 4.90 Å². The predicted octanol–water partition coefficient (Wildman–Crippen LogP) is 0.476. The molecule has 3 fully saturated rings. The molecule has 2 bridgehead atoms. The minimum Gasteiger partial charge on any atom is -0.345 e. The molecule has 3 rings (SSSR count). The molecular formula is C12H18N2O2. The molecule has 16 heavy (non-hydrogen) atoms. The number of carbonyl (C=O) groups excluding carboxylic acids is 2. The third kappa shape index (κ3) is 1.51. The molecular weight excluding hydrogens is 204 g/mol. The molecule has 0 aromatic carbocycles. The van der Waals surface area contributed by atoms with Crippen LogP contribution in [0.1, 0.15) is 25.7 Å². The van der Waals surface area contributed by atoms with Gasteiger partial charge in [-0.15, -0.1) is 0 Å². The average Bonchev–Trinajstić information content (AvgIpc) is 2.30. The van der Waals surface area contributed by atoms with Gasteiger partial charge in [0, 0.05) is 32.1 Å². The minimum atomic E-state index is 0.338. The van der Waals surface area contributed by atoms with Crippen molar-refractivity contribution in [1.29, 1.82) is 0 Å². The lowest BCUT2D eigenvalue weighted by Crippen LogP contribution is -2.60. The van der Waals surface area contributed by atoms with Crippen LogP contribution < -0.4 is 0 Å². The molecule has 3 heterocycles. The van der Waals surface area contributed by atoms with E-state index in [2.05, 4.69) is 4.90 Å². The van der Waals surface area contributed by atoms with Gasteiger partial charge in [0.25, 0.3) is 0 Å². The zero-order chi connectivity index (χ0) is 11.1. The molecule has 0 saturated carbocycles. The highest BCUT2D eigenvalue weighted by Gasteiger charge is 2.43. The summed E-state index contributed by atoms with van der Waals surface area (Å²) in [6, 6.07) is 0.417. The number of amides is 2. The van der Waals surface area contributed by atoms with Crippen LogP contribution in [-0.4, -0.2) is 47.8 Å². The van der Waals surface area contributed by atoms with E-state index in [9.17, 15) is 9.59 Å². The Labute approximate surface area is 95.6 Å². The molecule has 88 valence electrons. The number of nitrogens with zero attached hydrogens (tertiary/aromatic N) is 2. The lowest BCUT2D eigenvalue weighted by molar-refractivity contribution is -0.146. The van der Waals surface area contributed by atoms with Crippen LogP contribution in [0.5, 0.6) is 0 Å². The summed E-state index contributed by atoms with van der Waals surface area (Å²) < 4.78 is 0. The van der Waals surface area contributed by atoms with Crippen molar-refractivity contribution < 1.29 is 9.59 Å². The van der Waals surface area contributed by atoms with Crippen molar-refractivity contribution in [1.82, 2.24) is 9.80 Å². The van der Waals surface area contributed by atoms with Crippen LogP contribution in [-0.2, 0) is 9.59 Å². The van der Waals surface area contributed by atoms with Crippen molar-refractivity contribution >= 4 is 12.3 Å². The first-order chi connectivity index (χ1) is 7.78. The first-order valence-corrected chi connectivity index (χ1v) is 6.26. The number of likely N-dealkylation sites (tertiary alicyclic amines) is 1. The van der Waals surface area contributed by atoms with E-state index in [-0.39, 0.29) is 0 Å². The van der Waals surface area contributed by atoms with Crippen LogP contribution in [0.15, 0.2) is 0 Å². The van der Waals surface area contributed by atoms with Gasteiger partial charge < -0.3 is 9.80 Å². The number of rotatable bonds is 1. The second-order valence-corrected chi connectivity index (χ2v) is 5.43. The monoisotopic (exact) mass is 222 g/mol. The number of hydrogen-bond acceptors (Lipinski definition) is 2. The molecule has 0 aromatic rings. The van der Waals surface area contributed by atoms with E-state index in [4.69, 9.17) is 0 Å². The van der Waals surface area contributed by atoms with Gasteiger partial charge in [-0.1, -0.05) is 0 Å². The fraction of sp³-hybridized carbons (Fsp3) is 0.833.